The Morgan fingerprint density at radius 3 is 2.74 bits per heavy atom. The average Bonchev–Trinajstić information content (AvgIpc) is 3.56. The molecule has 0 unspecified atom stereocenters. The van der Waals surface area contributed by atoms with Gasteiger partial charge in [-0.25, -0.2) is 22.6 Å². The van der Waals surface area contributed by atoms with Crippen molar-refractivity contribution in [2.75, 3.05) is 44.8 Å². The molecule has 0 saturated heterocycles. The quantitative estimate of drug-likeness (QED) is 0.209. The van der Waals surface area contributed by atoms with E-state index < -0.39 is 10.0 Å². The lowest BCUT2D eigenvalue weighted by Gasteiger charge is -2.13. The number of benzene rings is 1. The van der Waals surface area contributed by atoms with E-state index in [1.165, 1.54) is 7.11 Å². The van der Waals surface area contributed by atoms with Gasteiger partial charge in [0.25, 0.3) is 5.91 Å². The van der Waals surface area contributed by atoms with E-state index in [4.69, 9.17) is 9.84 Å². The molecule has 220 valence electrons. The second-order valence-electron chi connectivity index (χ2n) is 10.0. The zero-order chi connectivity index (χ0) is 29.9. The average molecular weight is 592 g/mol. The molecule has 5 aromatic rings. The third-order valence-electron chi connectivity index (χ3n) is 6.56. The number of amides is 1. The maximum Gasteiger partial charge on any atom is 0.272 e. The molecule has 0 aliphatic carbocycles. The van der Waals surface area contributed by atoms with Crippen LogP contribution in [0.4, 0.5) is 5.69 Å². The number of anilines is 1. The number of carbonyl (C=O) groups is 1. The van der Waals surface area contributed by atoms with E-state index in [0.29, 0.717) is 57.9 Å². The third-order valence-corrected chi connectivity index (χ3v) is 8.05. The van der Waals surface area contributed by atoms with Crippen molar-refractivity contribution in [2.24, 2.45) is 0 Å². The first-order valence-corrected chi connectivity index (χ1v) is 15.2. The monoisotopic (exact) mass is 591 g/mol. The van der Waals surface area contributed by atoms with Gasteiger partial charge in [0.15, 0.2) is 11.3 Å². The van der Waals surface area contributed by atoms with E-state index >= 15 is 0 Å². The Bertz CT molecular complexity index is 1850. The van der Waals surface area contributed by atoms with Gasteiger partial charge in [-0.05, 0) is 57.7 Å². The molecule has 13 nitrogen and oxygen atoms in total. The van der Waals surface area contributed by atoms with Crippen molar-refractivity contribution in [1.29, 1.82) is 0 Å². The third kappa shape index (κ3) is 6.04. The highest BCUT2D eigenvalue weighted by Crippen LogP contribution is 2.33. The van der Waals surface area contributed by atoms with Crippen molar-refractivity contribution in [3.8, 4) is 22.7 Å². The zero-order valence-electron chi connectivity index (χ0n) is 23.9. The number of hydrogen-bond donors (Lipinski definition) is 2. The summed E-state index contributed by atoms with van der Waals surface area (Å²) in [5.74, 6) is 0.0416. The summed E-state index contributed by atoms with van der Waals surface area (Å²) in [5.41, 5.74) is 3.64. The van der Waals surface area contributed by atoms with E-state index in [0.717, 1.165) is 13.0 Å². The van der Waals surface area contributed by atoms with E-state index in [-0.39, 0.29) is 17.4 Å². The molecule has 0 aliphatic heterocycles. The van der Waals surface area contributed by atoms with Crippen LogP contribution in [0.3, 0.4) is 0 Å². The van der Waals surface area contributed by atoms with Crippen LogP contribution in [0, 0.1) is 0 Å². The van der Waals surface area contributed by atoms with Crippen LogP contribution < -0.4 is 14.8 Å². The summed E-state index contributed by atoms with van der Waals surface area (Å²) in [6, 6.07) is 8.54. The lowest BCUT2D eigenvalue weighted by molar-refractivity contribution is 0.0948. The molecule has 0 saturated carbocycles. The van der Waals surface area contributed by atoms with E-state index in [1.807, 2.05) is 20.2 Å². The Labute approximate surface area is 243 Å². The van der Waals surface area contributed by atoms with Crippen LogP contribution in [0.2, 0.25) is 0 Å². The van der Waals surface area contributed by atoms with Crippen molar-refractivity contribution in [3.05, 3.63) is 60.8 Å². The number of nitrogens with zero attached hydrogens (tertiary/aromatic N) is 7. The SMILES string of the molecule is CCCS(=O)(=O)Nc1ccc(-n2nc(C(=O)NCCCN(C)C)c3cnc(-c4cnn5cccnc45)cc32)c(OC)c1. The molecule has 2 N–H and O–H groups in total. The van der Waals surface area contributed by atoms with Gasteiger partial charge in [-0.1, -0.05) is 6.92 Å². The second kappa shape index (κ2) is 12.1. The van der Waals surface area contributed by atoms with Crippen LogP contribution in [0.15, 0.2) is 55.1 Å². The number of pyridine rings is 1. The summed E-state index contributed by atoms with van der Waals surface area (Å²) in [6.45, 7) is 3.12. The molecule has 1 amide bonds. The Kier molecular flexibility index (Phi) is 8.36. The largest absolute Gasteiger partial charge is 0.494 e. The molecule has 1 aromatic carbocycles. The molecule has 0 aliphatic rings. The predicted octanol–water partition coefficient (Wildman–Crippen LogP) is 2.97. The first kappa shape index (κ1) is 29.0. The van der Waals surface area contributed by atoms with Gasteiger partial charge in [0.2, 0.25) is 10.0 Å². The highest BCUT2D eigenvalue weighted by Gasteiger charge is 2.22. The van der Waals surface area contributed by atoms with Crippen LogP contribution in [-0.2, 0) is 10.0 Å². The van der Waals surface area contributed by atoms with Crippen molar-refractivity contribution in [1.82, 2.24) is 39.6 Å². The lowest BCUT2D eigenvalue weighted by Crippen LogP contribution is -2.27. The number of carbonyl (C=O) groups excluding carboxylic acids is 1. The van der Waals surface area contributed by atoms with Gasteiger partial charge < -0.3 is 15.0 Å². The van der Waals surface area contributed by atoms with Crippen LogP contribution in [0.5, 0.6) is 5.75 Å². The molecule has 4 aromatic heterocycles. The smallest absolute Gasteiger partial charge is 0.272 e. The molecule has 5 rings (SSSR count). The van der Waals surface area contributed by atoms with Gasteiger partial charge in [0, 0.05) is 31.2 Å². The van der Waals surface area contributed by atoms with Crippen molar-refractivity contribution >= 4 is 38.2 Å². The summed E-state index contributed by atoms with van der Waals surface area (Å²) in [5, 5.41) is 12.6. The number of nitrogens with one attached hydrogen (secondary N) is 2. The van der Waals surface area contributed by atoms with Gasteiger partial charge in [0.05, 0.1) is 46.9 Å². The maximum atomic E-state index is 13.3. The first-order valence-electron chi connectivity index (χ1n) is 13.5. The van der Waals surface area contributed by atoms with Gasteiger partial charge in [-0.15, -0.1) is 0 Å². The molecule has 0 fully saturated rings. The minimum Gasteiger partial charge on any atom is -0.494 e. The van der Waals surface area contributed by atoms with Gasteiger partial charge >= 0.3 is 0 Å². The Morgan fingerprint density at radius 1 is 1.14 bits per heavy atom. The van der Waals surface area contributed by atoms with Crippen LogP contribution in [-0.4, -0.2) is 88.6 Å². The predicted molar refractivity (Wildman–Crippen MR) is 161 cm³/mol. The van der Waals surface area contributed by atoms with Crippen LogP contribution in [0.1, 0.15) is 30.3 Å². The molecular formula is C28H33N9O4S. The molecule has 4 heterocycles. The highest BCUT2D eigenvalue weighted by molar-refractivity contribution is 7.92. The van der Waals surface area contributed by atoms with Crippen molar-refractivity contribution in [3.63, 3.8) is 0 Å². The molecule has 0 radical (unpaired) electrons. The second-order valence-corrected chi connectivity index (χ2v) is 11.9. The van der Waals surface area contributed by atoms with E-state index in [9.17, 15) is 13.2 Å². The van der Waals surface area contributed by atoms with Crippen molar-refractivity contribution in [2.45, 2.75) is 19.8 Å². The summed E-state index contributed by atoms with van der Waals surface area (Å²) < 4.78 is 36.2. The number of methoxy groups -OCH3 is 1. The van der Waals surface area contributed by atoms with E-state index in [1.54, 1.807) is 65.2 Å². The highest BCUT2D eigenvalue weighted by atomic mass is 32.2. The first-order chi connectivity index (χ1) is 20.2. The zero-order valence-corrected chi connectivity index (χ0v) is 24.7. The minimum absolute atomic E-state index is 0.00204. The summed E-state index contributed by atoms with van der Waals surface area (Å²) in [7, 11) is 1.95. The standard InChI is InChI=1S/C28H33N9O4S/c1-5-14-42(39,40)34-19-8-9-23(25(15-19)41-4)37-24-16-22(20-18-32-36-13-7-10-29-27(20)36)31-17-21(24)26(33-37)28(38)30-11-6-12-35(2)3/h7-10,13,15-18,34H,5-6,11-12,14H2,1-4H3,(H,30,38). The molecular weight excluding hydrogens is 558 g/mol. The molecule has 0 atom stereocenters. The fourth-order valence-corrected chi connectivity index (χ4v) is 5.74. The molecule has 14 heteroatoms. The van der Waals surface area contributed by atoms with Gasteiger partial charge in [-0.2, -0.15) is 10.2 Å². The fourth-order valence-electron chi connectivity index (χ4n) is 4.61. The van der Waals surface area contributed by atoms with Crippen LogP contribution in [0.25, 0.3) is 33.5 Å². The topological polar surface area (TPSA) is 149 Å². The summed E-state index contributed by atoms with van der Waals surface area (Å²) in [4.78, 5) is 24.4. The minimum atomic E-state index is -3.50. The summed E-state index contributed by atoms with van der Waals surface area (Å²) >= 11 is 0. The van der Waals surface area contributed by atoms with Crippen LogP contribution >= 0.6 is 0 Å². The molecule has 0 bridgehead atoms. The Balaban J connectivity index is 1.60. The molecule has 42 heavy (non-hydrogen) atoms. The number of hydrogen-bond acceptors (Lipinski definition) is 9. The number of rotatable bonds is 12. The number of ether oxygens (including phenoxy) is 1. The van der Waals surface area contributed by atoms with Gasteiger partial charge in [0.1, 0.15) is 11.4 Å². The number of aromatic nitrogens is 6. The normalized spacial score (nSPS) is 11.8. The van der Waals surface area contributed by atoms with E-state index in [2.05, 4.69) is 30.0 Å². The summed E-state index contributed by atoms with van der Waals surface area (Å²) in [6.07, 6.45) is 8.06. The number of sulfonamides is 1. The Morgan fingerprint density at radius 2 is 1.98 bits per heavy atom. The number of fused-ring (bicyclic) bond motifs is 2. The fraction of sp³-hybridized carbons (Fsp3) is 0.321. The van der Waals surface area contributed by atoms with Crippen molar-refractivity contribution < 1.29 is 17.9 Å². The molecule has 0 spiro atoms. The maximum absolute atomic E-state index is 13.3. The lowest BCUT2D eigenvalue weighted by atomic mass is 10.1. The van der Waals surface area contributed by atoms with Gasteiger partial charge in [-0.3, -0.25) is 14.5 Å². The Hall–Kier alpha value is -4.56.